The standard InChI is InChI=1S/C30H33N3O9/c1-6-16-17-10-15(41-26(36)22(13-34)32-28(38)42-29(3,4)5)8-9-21(17)31-24-18(16)12-33-23(24)11-20-19(25(33)35)14-40-27(37)30(20,39)7-2/h8-11,22,34,39H,6-7,12-14H2,1-5H3,(H,32,38)/t22-,30-/m0/s1. The Balaban J connectivity index is 1.50. The molecule has 1 aromatic carbocycles. The molecule has 2 aliphatic heterocycles. The van der Waals surface area contributed by atoms with Crippen molar-refractivity contribution in [2.75, 3.05) is 6.61 Å². The van der Waals surface area contributed by atoms with Crippen LogP contribution in [0.15, 0.2) is 29.1 Å². The number of rotatable bonds is 6. The number of amides is 1. The van der Waals surface area contributed by atoms with E-state index in [1.807, 2.05) is 6.92 Å². The number of carbonyl (C=O) groups excluding carboxylic acids is 3. The lowest BCUT2D eigenvalue weighted by molar-refractivity contribution is -0.172. The summed E-state index contributed by atoms with van der Waals surface area (Å²) < 4.78 is 17.4. The molecule has 12 nitrogen and oxygen atoms in total. The van der Waals surface area contributed by atoms with Crippen LogP contribution < -0.4 is 15.6 Å². The number of hydrogen-bond acceptors (Lipinski definition) is 10. The number of nitrogens with one attached hydrogen (secondary N) is 1. The molecular formula is C30H33N3O9. The summed E-state index contributed by atoms with van der Waals surface area (Å²) in [4.78, 5) is 55.7. The fourth-order valence-corrected chi connectivity index (χ4v) is 5.42. The van der Waals surface area contributed by atoms with Crippen LogP contribution in [-0.4, -0.2) is 56.0 Å². The van der Waals surface area contributed by atoms with Crippen LogP contribution in [0.3, 0.4) is 0 Å². The maximum atomic E-state index is 13.5. The summed E-state index contributed by atoms with van der Waals surface area (Å²) in [7, 11) is 0. The zero-order valence-corrected chi connectivity index (χ0v) is 24.1. The minimum absolute atomic E-state index is 0.0475. The lowest BCUT2D eigenvalue weighted by Crippen LogP contribution is -2.47. The van der Waals surface area contributed by atoms with Gasteiger partial charge in [-0.1, -0.05) is 13.8 Å². The summed E-state index contributed by atoms with van der Waals surface area (Å²) >= 11 is 0. The van der Waals surface area contributed by atoms with Crippen molar-refractivity contribution < 1.29 is 38.8 Å². The van der Waals surface area contributed by atoms with Gasteiger partial charge >= 0.3 is 18.0 Å². The predicted octanol–water partition coefficient (Wildman–Crippen LogP) is 2.43. The molecule has 0 spiro atoms. The molecule has 2 atom stereocenters. The van der Waals surface area contributed by atoms with Gasteiger partial charge in [-0.25, -0.2) is 19.4 Å². The summed E-state index contributed by atoms with van der Waals surface area (Å²) in [5.41, 5.74) is 0.772. The Kier molecular flexibility index (Phi) is 7.32. The lowest BCUT2D eigenvalue weighted by Gasteiger charge is -2.31. The molecule has 0 fully saturated rings. The third-order valence-electron chi connectivity index (χ3n) is 7.51. The van der Waals surface area contributed by atoms with Gasteiger partial charge in [-0.2, -0.15) is 0 Å². The minimum atomic E-state index is -1.92. The van der Waals surface area contributed by atoms with Crippen molar-refractivity contribution >= 4 is 28.9 Å². The maximum Gasteiger partial charge on any atom is 0.408 e. The Morgan fingerprint density at radius 3 is 2.57 bits per heavy atom. The number of esters is 2. The molecule has 3 aromatic rings. The summed E-state index contributed by atoms with van der Waals surface area (Å²) in [6, 6.07) is 5.19. The van der Waals surface area contributed by atoms with Crippen molar-refractivity contribution in [1.29, 1.82) is 0 Å². The van der Waals surface area contributed by atoms with Crippen LogP contribution in [0.25, 0.3) is 22.3 Å². The number of ether oxygens (including phenoxy) is 3. The van der Waals surface area contributed by atoms with E-state index in [-0.39, 0.29) is 42.0 Å². The van der Waals surface area contributed by atoms with Gasteiger partial charge in [-0.15, -0.1) is 0 Å². The lowest BCUT2D eigenvalue weighted by atomic mass is 9.86. The first-order valence-corrected chi connectivity index (χ1v) is 13.8. The number of alkyl carbamates (subject to hydrolysis) is 1. The highest BCUT2D eigenvalue weighted by atomic mass is 16.6. The van der Waals surface area contributed by atoms with Gasteiger partial charge in [0.15, 0.2) is 11.6 Å². The quantitative estimate of drug-likeness (QED) is 0.228. The van der Waals surface area contributed by atoms with E-state index in [9.17, 15) is 29.4 Å². The molecule has 0 radical (unpaired) electrons. The highest BCUT2D eigenvalue weighted by Gasteiger charge is 2.45. The van der Waals surface area contributed by atoms with E-state index in [1.165, 1.54) is 0 Å². The normalized spacial score (nSPS) is 18.0. The van der Waals surface area contributed by atoms with Crippen molar-refractivity contribution in [1.82, 2.24) is 14.9 Å². The monoisotopic (exact) mass is 579 g/mol. The average molecular weight is 580 g/mol. The number of aliphatic hydroxyl groups is 2. The minimum Gasteiger partial charge on any atom is -0.458 e. The van der Waals surface area contributed by atoms with Gasteiger partial charge in [0.1, 0.15) is 18.0 Å². The molecule has 0 unspecified atom stereocenters. The average Bonchev–Trinajstić information content (AvgIpc) is 3.30. The number of pyridine rings is 2. The first-order valence-electron chi connectivity index (χ1n) is 13.8. The summed E-state index contributed by atoms with van der Waals surface area (Å²) in [5.74, 6) is -1.48. The molecule has 0 saturated heterocycles. The van der Waals surface area contributed by atoms with Gasteiger partial charge in [-0.3, -0.25) is 4.79 Å². The van der Waals surface area contributed by atoms with Gasteiger partial charge in [0, 0.05) is 16.5 Å². The molecular weight excluding hydrogens is 546 g/mol. The molecule has 1 amide bonds. The number of carbonyl (C=O) groups is 3. The van der Waals surface area contributed by atoms with Gasteiger partial charge in [0.2, 0.25) is 0 Å². The van der Waals surface area contributed by atoms with E-state index in [4.69, 9.17) is 19.2 Å². The van der Waals surface area contributed by atoms with Gasteiger partial charge in [0.05, 0.1) is 35.6 Å². The van der Waals surface area contributed by atoms with Crippen LogP contribution in [0, 0.1) is 0 Å². The smallest absolute Gasteiger partial charge is 0.408 e. The number of aliphatic hydroxyl groups excluding tert-OH is 1. The highest BCUT2D eigenvalue weighted by molar-refractivity contribution is 5.91. The van der Waals surface area contributed by atoms with Crippen molar-refractivity contribution in [2.24, 2.45) is 0 Å². The number of cyclic esters (lactones) is 1. The Morgan fingerprint density at radius 1 is 1.19 bits per heavy atom. The van der Waals surface area contributed by atoms with E-state index in [2.05, 4.69) is 5.32 Å². The van der Waals surface area contributed by atoms with E-state index < -0.39 is 41.9 Å². The second-order valence-corrected chi connectivity index (χ2v) is 11.4. The topological polar surface area (TPSA) is 166 Å². The Morgan fingerprint density at radius 2 is 1.93 bits per heavy atom. The van der Waals surface area contributed by atoms with Crippen molar-refractivity contribution in [3.05, 3.63) is 56.9 Å². The third-order valence-corrected chi connectivity index (χ3v) is 7.51. The van der Waals surface area contributed by atoms with Crippen LogP contribution in [0.4, 0.5) is 4.79 Å². The first kappa shape index (κ1) is 29.2. The van der Waals surface area contributed by atoms with E-state index >= 15 is 0 Å². The van der Waals surface area contributed by atoms with E-state index in [1.54, 1.807) is 56.5 Å². The fraction of sp³-hybridized carbons (Fsp3) is 0.433. The van der Waals surface area contributed by atoms with Crippen LogP contribution in [0.1, 0.15) is 63.3 Å². The van der Waals surface area contributed by atoms with Crippen LogP contribution in [0.2, 0.25) is 0 Å². The van der Waals surface area contributed by atoms with Crippen LogP contribution in [-0.2, 0) is 44.2 Å². The fourth-order valence-electron chi connectivity index (χ4n) is 5.42. The summed E-state index contributed by atoms with van der Waals surface area (Å²) in [6.07, 6.45) is -0.248. The molecule has 3 N–H and O–H groups in total. The van der Waals surface area contributed by atoms with Crippen LogP contribution >= 0.6 is 0 Å². The Bertz CT molecular complexity index is 1690. The SMILES string of the molecule is CCc1c2c(nc3ccc(OC(=O)[C@H](CO)NC(=O)OC(C)(C)C)cc13)-c1cc3c(c(=O)n1C2)COC(=O)[C@]3(O)CC. The number of benzene rings is 1. The molecule has 5 rings (SSSR count). The van der Waals surface area contributed by atoms with Crippen molar-refractivity contribution in [3.63, 3.8) is 0 Å². The molecule has 42 heavy (non-hydrogen) atoms. The molecule has 0 aliphatic carbocycles. The first-order chi connectivity index (χ1) is 19.8. The second-order valence-electron chi connectivity index (χ2n) is 11.4. The van der Waals surface area contributed by atoms with Gasteiger partial charge in [0.25, 0.3) is 5.56 Å². The zero-order chi connectivity index (χ0) is 30.6. The second kappa shape index (κ2) is 10.5. The highest BCUT2D eigenvalue weighted by Crippen LogP contribution is 2.40. The number of nitrogens with zero attached hydrogens (tertiary/aromatic N) is 2. The maximum absolute atomic E-state index is 13.5. The largest absolute Gasteiger partial charge is 0.458 e. The summed E-state index contributed by atoms with van der Waals surface area (Å²) in [5, 5.41) is 23.8. The molecule has 2 aromatic heterocycles. The molecule has 0 bridgehead atoms. The number of aromatic nitrogens is 2. The van der Waals surface area contributed by atoms with Crippen molar-refractivity contribution in [3.8, 4) is 17.1 Å². The van der Waals surface area contributed by atoms with E-state index in [0.29, 0.717) is 28.7 Å². The van der Waals surface area contributed by atoms with Crippen LogP contribution in [0.5, 0.6) is 5.75 Å². The number of fused-ring (bicyclic) bond motifs is 5. The van der Waals surface area contributed by atoms with Gasteiger partial charge in [-0.05, 0) is 63.4 Å². The Labute approximate surface area is 241 Å². The van der Waals surface area contributed by atoms with Crippen molar-refractivity contribution in [2.45, 2.75) is 77.9 Å². The molecule has 12 heteroatoms. The summed E-state index contributed by atoms with van der Waals surface area (Å²) in [6.45, 7) is 7.96. The number of hydrogen-bond donors (Lipinski definition) is 3. The molecule has 0 saturated carbocycles. The van der Waals surface area contributed by atoms with E-state index in [0.717, 1.165) is 11.1 Å². The third kappa shape index (κ3) is 4.90. The molecule has 222 valence electrons. The number of aryl methyl sites for hydroxylation is 1. The predicted molar refractivity (Wildman–Crippen MR) is 150 cm³/mol. The molecule has 4 heterocycles. The van der Waals surface area contributed by atoms with Gasteiger partial charge < -0.3 is 34.3 Å². The zero-order valence-electron chi connectivity index (χ0n) is 24.1. The Hall–Kier alpha value is -4.29. The molecule has 2 aliphatic rings.